The fraction of sp³-hybridized carbons (Fsp3) is 0.192. The normalized spacial score (nSPS) is 15.0. The number of hydrogen-bond donors (Lipinski definition) is 1. The number of rotatable bonds is 6. The monoisotopic (exact) mass is 474 g/mol. The molecule has 1 atom stereocenters. The number of fused-ring (bicyclic) bond motifs is 1. The average Bonchev–Trinajstić information content (AvgIpc) is 3.23. The number of allylic oxidation sites excluding steroid dienone is 2. The van der Waals surface area contributed by atoms with Gasteiger partial charge in [-0.15, -0.1) is 0 Å². The van der Waals surface area contributed by atoms with E-state index in [0.29, 0.717) is 25.3 Å². The van der Waals surface area contributed by atoms with Crippen molar-refractivity contribution in [2.75, 3.05) is 6.54 Å². The van der Waals surface area contributed by atoms with Crippen molar-refractivity contribution in [3.05, 3.63) is 107 Å². The molecule has 0 fully saturated rings. The topological polar surface area (TPSA) is 72.9 Å². The third kappa shape index (κ3) is 4.52. The zero-order valence-corrected chi connectivity index (χ0v) is 19.5. The summed E-state index contributed by atoms with van der Waals surface area (Å²) in [6, 6.07) is 12.7. The van der Waals surface area contributed by atoms with E-state index in [1.165, 1.54) is 12.1 Å². The molecule has 0 saturated heterocycles. The molecule has 2 aromatic carbocycles. The van der Waals surface area contributed by atoms with Gasteiger partial charge in [0.05, 0.1) is 35.4 Å². The summed E-state index contributed by atoms with van der Waals surface area (Å²) in [4.78, 5) is 15.1. The average molecular weight is 475 g/mol. The van der Waals surface area contributed by atoms with Gasteiger partial charge in [-0.3, -0.25) is 9.97 Å². The summed E-state index contributed by atoms with van der Waals surface area (Å²) in [5, 5.41) is 0.718. The Morgan fingerprint density at radius 1 is 1.15 bits per heavy atom. The fourth-order valence-electron chi connectivity index (χ4n) is 4.32. The summed E-state index contributed by atoms with van der Waals surface area (Å²) in [6.45, 7) is 3.14. The van der Waals surface area contributed by atoms with Crippen LogP contribution < -0.4 is 5.73 Å². The lowest BCUT2D eigenvalue weighted by Crippen LogP contribution is -2.40. The van der Waals surface area contributed by atoms with Gasteiger partial charge in [-0.05, 0) is 48.4 Å². The second kappa shape index (κ2) is 9.27. The van der Waals surface area contributed by atoms with Crippen LogP contribution in [0, 0.1) is 5.82 Å². The maximum Gasteiger partial charge on any atom is 0.123 e. The quantitative estimate of drug-likeness (QED) is 0.438. The molecule has 1 aliphatic heterocycles. The first kappa shape index (κ1) is 22.1. The van der Waals surface area contributed by atoms with Crippen LogP contribution in [0.2, 0.25) is 0 Å². The van der Waals surface area contributed by atoms with Crippen LogP contribution >= 0.6 is 11.6 Å². The highest BCUT2D eigenvalue weighted by Gasteiger charge is 2.23. The molecule has 0 aliphatic carbocycles. The molecule has 1 aliphatic rings. The molecule has 0 spiro atoms. The number of nitrogens with zero attached hydrogens (tertiary/aromatic N) is 5. The number of nitrogens with two attached hydrogens (primary N) is 1. The first-order valence-corrected chi connectivity index (χ1v) is 11.4. The smallest absolute Gasteiger partial charge is 0.123 e. The van der Waals surface area contributed by atoms with Gasteiger partial charge >= 0.3 is 0 Å². The van der Waals surface area contributed by atoms with E-state index in [1.54, 1.807) is 31.0 Å². The molecule has 3 heterocycles. The van der Waals surface area contributed by atoms with Crippen LogP contribution in [0.25, 0.3) is 16.6 Å². The first-order chi connectivity index (χ1) is 16.5. The summed E-state index contributed by atoms with van der Waals surface area (Å²) in [7, 11) is 0. The Kier molecular flexibility index (Phi) is 6.02. The Morgan fingerprint density at radius 3 is 2.82 bits per heavy atom. The standard InChI is InChI=1S/C26H24ClFN6/c1-17(9-21-13-30-7-8-31-21)34-15-23(27)22(12-26(34)29)19-5-6-24-25(11-19)33(16-32-24)14-18-3-2-4-20(28)10-18/h2-8,10-13,16-17H,9,14-15,29H2,1H3. The zero-order chi connectivity index (χ0) is 23.7. The van der Waals surface area contributed by atoms with Gasteiger partial charge in [0.25, 0.3) is 0 Å². The largest absolute Gasteiger partial charge is 0.385 e. The van der Waals surface area contributed by atoms with Gasteiger partial charge in [0.2, 0.25) is 0 Å². The van der Waals surface area contributed by atoms with Crippen molar-refractivity contribution in [1.82, 2.24) is 24.4 Å². The summed E-state index contributed by atoms with van der Waals surface area (Å²) in [6.07, 6.45) is 9.54. The molecule has 2 aromatic heterocycles. The van der Waals surface area contributed by atoms with Crippen molar-refractivity contribution in [2.45, 2.75) is 25.9 Å². The van der Waals surface area contributed by atoms with Crippen LogP contribution in [-0.2, 0) is 13.0 Å². The maximum absolute atomic E-state index is 13.6. The van der Waals surface area contributed by atoms with Crippen molar-refractivity contribution in [3.8, 4) is 0 Å². The van der Waals surface area contributed by atoms with Gasteiger partial charge in [0.15, 0.2) is 0 Å². The minimum absolute atomic E-state index is 0.110. The second-order valence-corrected chi connectivity index (χ2v) is 8.93. The zero-order valence-electron chi connectivity index (χ0n) is 18.7. The Balaban J connectivity index is 1.40. The Morgan fingerprint density at radius 2 is 2.03 bits per heavy atom. The van der Waals surface area contributed by atoms with E-state index in [2.05, 4.69) is 32.8 Å². The molecular weight excluding hydrogens is 451 g/mol. The van der Waals surface area contributed by atoms with Gasteiger partial charge in [-0.25, -0.2) is 9.37 Å². The highest BCUT2D eigenvalue weighted by molar-refractivity contribution is 6.33. The van der Waals surface area contributed by atoms with Crippen LogP contribution in [0.15, 0.2) is 84.3 Å². The van der Waals surface area contributed by atoms with Crippen LogP contribution in [-0.4, -0.2) is 37.0 Å². The number of benzene rings is 2. The molecule has 0 amide bonds. The van der Waals surface area contributed by atoms with E-state index in [9.17, 15) is 4.39 Å². The van der Waals surface area contributed by atoms with Gasteiger partial charge in [0.1, 0.15) is 5.82 Å². The number of aromatic nitrogens is 4. The second-order valence-electron chi connectivity index (χ2n) is 8.47. The Labute approximate surface area is 202 Å². The number of halogens is 2. The van der Waals surface area contributed by atoms with Crippen LogP contribution in [0.5, 0.6) is 0 Å². The maximum atomic E-state index is 13.6. The molecule has 0 radical (unpaired) electrons. The summed E-state index contributed by atoms with van der Waals surface area (Å²) in [5.74, 6) is 0.407. The van der Waals surface area contributed by atoms with E-state index in [1.807, 2.05) is 28.8 Å². The molecule has 8 heteroatoms. The Bertz CT molecular complexity index is 1390. The van der Waals surface area contributed by atoms with Gasteiger partial charge in [-0.2, -0.15) is 0 Å². The van der Waals surface area contributed by atoms with Crippen molar-refractivity contribution in [1.29, 1.82) is 0 Å². The summed E-state index contributed by atoms with van der Waals surface area (Å²) in [5.41, 5.74) is 11.9. The molecule has 34 heavy (non-hydrogen) atoms. The van der Waals surface area contributed by atoms with Gasteiger partial charge < -0.3 is 15.2 Å². The molecule has 0 saturated carbocycles. The van der Waals surface area contributed by atoms with E-state index in [4.69, 9.17) is 17.3 Å². The molecule has 172 valence electrons. The molecule has 2 N–H and O–H groups in total. The lowest BCUT2D eigenvalue weighted by molar-refractivity contribution is 0.283. The number of imidazole rings is 1. The highest BCUT2D eigenvalue weighted by atomic mass is 35.5. The third-order valence-corrected chi connectivity index (χ3v) is 6.38. The molecule has 5 rings (SSSR count). The minimum Gasteiger partial charge on any atom is -0.385 e. The van der Waals surface area contributed by atoms with Crippen molar-refractivity contribution in [2.24, 2.45) is 5.73 Å². The lowest BCUT2D eigenvalue weighted by atomic mass is 10.0. The van der Waals surface area contributed by atoms with E-state index >= 15 is 0 Å². The first-order valence-electron chi connectivity index (χ1n) is 11.0. The van der Waals surface area contributed by atoms with Crippen molar-refractivity contribution < 1.29 is 4.39 Å². The summed E-state index contributed by atoms with van der Waals surface area (Å²) < 4.78 is 15.6. The van der Waals surface area contributed by atoms with Crippen LogP contribution in [0.4, 0.5) is 4.39 Å². The molecule has 1 unspecified atom stereocenters. The minimum atomic E-state index is -0.250. The molecular formula is C26H24ClFN6. The predicted octanol–water partition coefficient (Wildman–Crippen LogP) is 4.71. The van der Waals surface area contributed by atoms with Gasteiger partial charge in [0, 0.05) is 48.2 Å². The fourth-order valence-corrected chi connectivity index (χ4v) is 4.61. The highest BCUT2D eigenvalue weighted by Crippen LogP contribution is 2.32. The molecule has 0 bridgehead atoms. The van der Waals surface area contributed by atoms with Crippen molar-refractivity contribution in [3.63, 3.8) is 0 Å². The molecule has 6 nitrogen and oxygen atoms in total. The van der Waals surface area contributed by atoms with E-state index < -0.39 is 0 Å². The van der Waals surface area contributed by atoms with Crippen LogP contribution in [0.3, 0.4) is 0 Å². The number of hydrogen-bond acceptors (Lipinski definition) is 5. The van der Waals surface area contributed by atoms with E-state index in [0.717, 1.165) is 38.5 Å². The summed E-state index contributed by atoms with van der Waals surface area (Å²) >= 11 is 6.78. The SMILES string of the molecule is CC(Cc1cnccn1)N1CC(Cl)=C(c2ccc3ncn(Cc4cccc(F)c4)c3c2)C=C1N. The van der Waals surface area contributed by atoms with Gasteiger partial charge in [-0.1, -0.05) is 29.8 Å². The molecule has 4 aromatic rings. The van der Waals surface area contributed by atoms with E-state index in [-0.39, 0.29) is 11.9 Å². The van der Waals surface area contributed by atoms with Crippen molar-refractivity contribution >= 4 is 28.2 Å². The van der Waals surface area contributed by atoms with Crippen LogP contribution in [0.1, 0.15) is 23.7 Å². The third-order valence-electron chi connectivity index (χ3n) is 6.05. The Hall–Kier alpha value is -3.71. The predicted molar refractivity (Wildman–Crippen MR) is 132 cm³/mol. The lowest BCUT2D eigenvalue weighted by Gasteiger charge is -2.34.